The number of carbonyl (C=O) groups excluding carboxylic acids is 2. The predicted molar refractivity (Wildman–Crippen MR) is 118 cm³/mol. The van der Waals surface area contributed by atoms with Crippen LogP contribution in [0.1, 0.15) is 63.7 Å². The van der Waals surface area contributed by atoms with Crippen molar-refractivity contribution in [2.75, 3.05) is 11.5 Å². The minimum atomic E-state index is -0.595. The first-order valence-electron chi connectivity index (χ1n) is 10.8. The van der Waals surface area contributed by atoms with E-state index in [9.17, 15) is 14.0 Å². The van der Waals surface area contributed by atoms with Crippen LogP contribution in [0.3, 0.4) is 0 Å². The Morgan fingerprint density at radius 2 is 1.97 bits per heavy atom. The first-order chi connectivity index (χ1) is 14.7. The molecule has 1 amide bonds. The Kier molecular flexibility index (Phi) is 7.36. The molecule has 6 nitrogen and oxygen atoms in total. The maximum absolute atomic E-state index is 14.0. The maximum Gasteiger partial charge on any atom is 0.343 e. The van der Waals surface area contributed by atoms with Gasteiger partial charge in [0.15, 0.2) is 5.82 Å². The lowest BCUT2D eigenvalue weighted by molar-refractivity contribution is -0.124. The van der Waals surface area contributed by atoms with Gasteiger partial charge in [-0.05, 0) is 64.5 Å². The van der Waals surface area contributed by atoms with Gasteiger partial charge < -0.3 is 4.74 Å². The molecule has 0 bridgehead atoms. The fraction of sp³-hybridized carbons (Fsp3) is 0.522. The molecule has 1 heterocycles. The molecule has 0 saturated heterocycles. The van der Waals surface area contributed by atoms with Gasteiger partial charge in [0.05, 0.1) is 17.3 Å². The molecule has 1 saturated carbocycles. The summed E-state index contributed by atoms with van der Waals surface area (Å²) in [5.74, 6) is -0.472. The summed E-state index contributed by atoms with van der Waals surface area (Å²) in [5.41, 5.74) is 0.560. The van der Waals surface area contributed by atoms with Crippen LogP contribution < -0.4 is 4.90 Å². The van der Waals surface area contributed by atoms with Crippen LogP contribution in [0.4, 0.5) is 10.2 Å². The second-order valence-electron chi connectivity index (χ2n) is 8.39. The summed E-state index contributed by atoms with van der Waals surface area (Å²) in [6.07, 6.45) is 5.13. The Morgan fingerprint density at radius 3 is 2.55 bits per heavy atom. The van der Waals surface area contributed by atoms with Gasteiger partial charge in [-0.2, -0.15) is 0 Å². The van der Waals surface area contributed by atoms with E-state index in [4.69, 9.17) is 16.3 Å². The number of esters is 1. The molecule has 0 unspecified atom stereocenters. The first kappa shape index (κ1) is 23.3. The van der Waals surface area contributed by atoms with E-state index in [0.717, 1.165) is 25.7 Å². The van der Waals surface area contributed by atoms with Crippen LogP contribution in [0.25, 0.3) is 5.69 Å². The lowest BCUT2D eigenvalue weighted by Crippen LogP contribution is -2.43. The first-order valence-corrected chi connectivity index (χ1v) is 11.2. The van der Waals surface area contributed by atoms with E-state index in [1.165, 1.54) is 23.0 Å². The molecular formula is C23H29ClFN3O3. The number of halogens is 2. The van der Waals surface area contributed by atoms with Crippen molar-refractivity contribution in [1.82, 2.24) is 9.78 Å². The number of carbonyl (C=O) groups is 2. The van der Waals surface area contributed by atoms with Gasteiger partial charge in [-0.25, -0.2) is 13.9 Å². The van der Waals surface area contributed by atoms with Gasteiger partial charge in [-0.3, -0.25) is 9.69 Å². The average Bonchev–Trinajstić information content (AvgIpc) is 3.15. The molecule has 168 valence electrons. The number of ether oxygens (including phenoxy) is 1. The van der Waals surface area contributed by atoms with Crippen molar-refractivity contribution in [3.05, 3.63) is 40.8 Å². The van der Waals surface area contributed by atoms with Gasteiger partial charge in [-0.15, -0.1) is 5.10 Å². The maximum atomic E-state index is 14.0. The van der Waals surface area contributed by atoms with Gasteiger partial charge in [0.25, 0.3) is 0 Å². The molecule has 31 heavy (non-hydrogen) atoms. The largest absolute Gasteiger partial charge is 0.462 e. The third kappa shape index (κ3) is 5.09. The summed E-state index contributed by atoms with van der Waals surface area (Å²) >= 11 is 5.79. The molecule has 0 N–H and O–H groups in total. The normalized spacial score (nSPS) is 18.8. The van der Waals surface area contributed by atoms with Gasteiger partial charge >= 0.3 is 5.97 Å². The minimum absolute atomic E-state index is 0.00717. The summed E-state index contributed by atoms with van der Waals surface area (Å²) < 4.78 is 20.6. The smallest absolute Gasteiger partial charge is 0.343 e. The quantitative estimate of drug-likeness (QED) is 0.553. The van der Waals surface area contributed by atoms with E-state index < -0.39 is 11.8 Å². The number of benzene rings is 1. The summed E-state index contributed by atoms with van der Waals surface area (Å²) in [6, 6.07) is 4.04. The van der Waals surface area contributed by atoms with Crippen molar-refractivity contribution in [2.24, 2.45) is 11.8 Å². The number of anilines is 1. The molecule has 3 rings (SSSR count). The fourth-order valence-corrected chi connectivity index (χ4v) is 4.08. The molecule has 8 heteroatoms. The number of rotatable bonds is 6. The van der Waals surface area contributed by atoms with Crippen molar-refractivity contribution < 1.29 is 18.7 Å². The number of hydrogen-bond acceptors (Lipinski definition) is 4. The van der Waals surface area contributed by atoms with E-state index in [2.05, 4.69) is 12.0 Å². The third-order valence-electron chi connectivity index (χ3n) is 5.70. The van der Waals surface area contributed by atoms with Gasteiger partial charge in [0.2, 0.25) is 5.91 Å². The fourth-order valence-electron chi connectivity index (χ4n) is 3.96. The Hall–Kier alpha value is -2.41. The van der Waals surface area contributed by atoms with Gasteiger partial charge in [0, 0.05) is 24.2 Å². The lowest BCUT2D eigenvalue weighted by Gasteiger charge is -2.32. The molecule has 1 aromatic carbocycles. The van der Waals surface area contributed by atoms with Crippen molar-refractivity contribution in [3.63, 3.8) is 0 Å². The Labute approximate surface area is 187 Å². The SMILES string of the molecule is CCOC(=O)c1cn(-c2ccc(Cl)c(F)c2)nc1N(C(=O)[C@H]1CC[C@H](C)CC1)C(C)C. The van der Waals surface area contributed by atoms with E-state index in [1.54, 1.807) is 17.9 Å². The Bertz CT molecular complexity index is 952. The molecule has 1 aliphatic carbocycles. The highest BCUT2D eigenvalue weighted by molar-refractivity contribution is 6.30. The van der Waals surface area contributed by atoms with Crippen LogP contribution in [0, 0.1) is 17.7 Å². The van der Waals surface area contributed by atoms with Crippen LogP contribution >= 0.6 is 11.6 Å². The monoisotopic (exact) mass is 449 g/mol. The zero-order chi connectivity index (χ0) is 22.7. The molecular weight excluding hydrogens is 421 g/mol. The number of aromatic nitrogens is 2. The zero-order valence-electron chi connectivity index (χ0n) is 18.4. The number of nitrogens with zero attached hydrogens (tertiary/aromatic N) is 3. The van der Waals surface area contributed by atoms with Crippen molar-refractivity contribution >= 4 is 29.3 Å². The summed E-state index contributed by atoms with van der Waals surface area (Å²) in [5, 5.41) is 4.51. The Morgan fingerprint density at radius 1 is 1.29 bits per heavy atom. The van der Waals surface area contributed by atoms with Crippen molar-refractivity contribution in [2.45, 2.75) is 59.4 Å². The van der Waals surface area contributed by atoms with Gasteiger partial charge in [-0.1, -0.05) is 18.5 Å². The van der Waals surface area contributed by atoms with E-state index >= 15 is 0 Å². The molecule has 0 radical (unpaired) electrons. The number of hydrogen-bond donors (Lipinski definition) is 0. The van der Waals surface area contributed by atoms with Crippen LogP contribution in [0.5, 0.6) is 0 Å². The topological polar surface area (TPSA) is 64.4 Å². The second-order valence-corrected chi connectivity index (χ2v) is 8.80. The highest BCUT2D eigenvalue weighted by atomic mass is 35.5. The molecule has 0 atom stereocenters. The highest BCUT2D eigenvalue weighted by Crippen LogP contribution is 2.33. The van der Waals surface area contributed by atoms with Crippen LogP contribution in [-0.4, -0.2) is 34.3 Å². The highest BCUT2D eigenvalue weighted by Gasteiger charge is 2.34. The Balaban J connectivity index is 2.04. The molecule has 0 spiro atoms. The molecule has 2 aromatic rings. The van der Waals surface area contributed by atoms with E-state index in [-0.39, 0.29) is 40.9 Å². The molecule has 1 aromatic heterocycles. The average molecular weight is 450 g/mol. The van der Waals surface area contributed by atoms with Gasteiger partial charge in [0.1, 0.15) is 11.4 Å². The van der Waals surface area contributed by atoms with E-state index in [0.29, 0.717) is 11.6 Å². The predicted octanol–water partition coefficient (Wildman–Crippen LogP) is 5.41. The van der Waals surface area contributed by atoms with Crippen molar-refractivity contribution in [3.8, 4) is 5.69 Å². The van der Waals surface area contributed by atoms with Crippen LogP contribution in [0.2, 0.25) is 5.02 Å². The summed E-state index contributed by atoms with van der Waals surface area (Å²) in [6.45, 7) is 7.88. The standard InChI is InChI=1S/C23H29ClFN3O3/c1-5-31-23(30)18-13-27(17-10-11-19(24)20(25)12-17)26-21(18)28(14(2)3)22(29)16-8-6-15(4)7-9-16/h10-16H,5-9H2,1-4H3/t15-,16-. The second kappa shape index (κ2) is 9.81. The lowest BCUT2D eigenvalue weighted by atomic mass is 9.82. The minimum Gasteiger partial charge on any atom is -0.462 e. The van der Waals surface area contributed by atoms with Crippen LogP contribution in [-0.2, 0) is 9.53 Å². The summed E-state index contributed by atoms with van der Waals surface area (Å²) in [7, 11) is 0. The number of amides is 1. The van der Waals surface area contributed by atoms with Crippen LogP contribution in [0.15, 0.2) is 24.4 Å². The zero-order valence-corrected chi connectivity index (χ0v) is 19.2. The summed E-state index contributed by atoms with van der Waals surface area (Å²) in [4.78, 5) is 27.7. The third-order valence-corrected chi connectivity index (χ3v) is 6.01. The van der Waals surface area contributed by atoms with Crippen molar-refractivity contribution in [1.29, 1.82) is 0 Å². The molecule has 1 aliphatic rings. The molecule has 1 fully saturated rings. The van der Waals surface area contributed by atoms with E-state index in [1.807, 2.05) is 13.8 Å². The molecule has 0 aliphatic heterocycles.